The molecule has 1 fully saturated rings. The minimum atomic E-state index is -0.916. The molecule has 9 heteroatoms. The molecule has 0 unspecified atom stereocenters. The lowest BCUT2D eigenvalue weighted by molar-refractivity contribution is 0.171. The van der Waals surface area contributed by atoms with Crippen LogP contribution in [0.15, 0.2) is 27.5 Å². The van der Waals surface area contributed by atoms with E-state index in [2.05, 4.69) is 15.5 Å². The molecule has 2 atom stereocenters. The Bertz CT molecular complexity index is 690. The topological polar surface area (TPSA) is 87.6 Å². The van der Waals surface area contributed by atoms with E-state index in [1.807, 2.05) is 4.90 Å². The largest absolute Gasteiger partial charge is 0.472 e. The molecule has 0 bridgehead atoms. The highest BCUT2D eigenvalue weighted by atomic mass is 19.1. The van der Waals surface area contributed by atoms with Crippen molar-refractivity contribution in [3.05, 3.63) is 35.9 Å². The van der Waals surface area contributed by atoms with Crippen LogP contribution in [0.3, 0.4) is 0 Å². The first-order chi connectivity index (χ1) is 12.0. The number of furan rings is 1. The maximum atomic E-state index is 13.9. The van der Waals surface area contributed by atoms with Gasteiger partial charge in [0.25, 0.3) is 0 Å². The third kappa shape index (κ3) is 4.56. The van der Waals surface area contributed by atoms with Crippen LogP contribution in [0.1, 0.15) is 23.7 Å². The van der Waals surface area contributed by atoms with Crippen molar-refractivity contribution in [3.8, 4) is 0 Å². The van der Waals surface area contributed by atoms with Gasteiger partial charge in [-0.05, 0) is 12.5 Å². The molecule has 3 heterocycles. The normalized spacial score (nSPS) is 20.8. The highest BCUT2D eigenvalue weighted by molar-refractivity contribution is 5.73. The molecular formula is C16H22FN5O3. The van der Waals surface area contributed by atoms with Crippen LogP contribution >= 0.6 is 0 Å². The van der Waals surface area contributed by atoms with Crippen molar-refractivity contribution in [2.75, 3.05) is 20.1 Å². The minimum Gasteiger partial charge on any atom is -0.472 e. The van der Waals surface area contributed by atoms with Crippen LogP contribution in [0.4, 0.5) is 9.18 Å². The first-order valence-electron chi connectivity index (χ1n) is 8.18. The second-order valence-corrected chi connectivity index (χ2v) is 6.32. The molecule has 8 nitrogen and oxygen atoms in total. The van der Waals surface area contributed by atoms with Gasteiger partial charge >= 0.3 is 6.03 Å². The fourth-order valence-electron chi connectivity index (χ4n) is 3.00. The molecule has 3 rings (SSSR count). The number of alkyl halides is 1. The average molecular weight is 351 g/mol. The lowest BCUT2D eigenvalue weighted by Gasteiger charge is -2.27. The van der Waals surface area contributed by atoms with E-state index in [0.29, 0.717) is 44.3 Å². The number of halogens is 1. The summed E-state index contributed by atoms with van der Waals surface area (Å²) >= 11 is 0. The molecule has 136 valence electrons. The molecule has 0 aliphatic carbocycles. The van der Waals surface area contributed by atoms with Crippen LogP contribution in [0.25, 0.3) is 0 Å². The Hall–Kier alpha value is -2.42. The highest BCUT2D eigenvalue weighted by Crippen LogP contribution is 2.22. The number of likely N-dealkylation sites (N-methyl/N-ethyl adjacent to an activating group) is 1. The molecule has 0 spiro atoms. The van der Waals surface area contributed by atoms with Gasteiger partial charge in [0.1, 0.15) is 6.17 Å². The van der Waals surface area contributed by atoms with Gasteiger partial charge in [0.05, 0.1) is 19.1 Å². The second-order valence-electron chi connectivity index (χ2n) is 6.32. The fraction of sp³-hybridized carbons (Fsp3) is 0.562. The maximum Gasteiger partial charge on any atom is 0.317 e. The molecule has 0 saturated carbocycles. The summed E-state index contributed by atoms with van der Waals surface area (Å²) in [6.45, 7) is 3.25. The third-order valence-corrected chi connectivity index (χ3v) is 4.25. The van der Waals surface area contributed by atoms with Crippen molar-refractivity contribution in [1.29, 1.82) is 0 Å². The fourth-order valence-corrected chi connectivity index (χ4v) is 3.00. The first-order valence-corrected chi connectivity index (χ1v) is 8.18. The van der Waals surface area contributed by atoms with E-state index >= 15 is 0 Å². The van der Waals surface area contributed by atoms with Crippen molar-refractivity contribution in [2.45, 2.75) is 38.6 Å². The predicted octanol–water partition coefficient (Wildman–Crippen LogP) is 1.73. The lowest BCUT2D eigenvalue weighted by atomic mass is 10.2. The standard InChI is InChI=1S/C16H22FN5O3/c1-11-19-15(20-25-11)9-22-7-13(17)5-14(22)8-21(2)16(23)18-6-12-3-4-24-10-12/h3-4,10,13-14H,5-9H2,1-2H3,(H,18,23)/t13-,14-/m0/s1. The van der Waals surface area contributed by atoms with Gasteiger partial charge in [-0.3, -0.25) is 4.90 Å². The predicted molar refractivity (Wildman–Crippen MR) is 86.3 cm³/mol. The van der Waals surface area contributed by atoms with E-state index in [9.17, 15) is 9.18 Å². The Labute approximate surface area is 145 Å². The Morgan fingerprint density at radius 2 is 2.40 bits per heavy atom. The molecular weight excluding hydrogens is 329 g/mol. The smallest absolute Gasteiger partial charge is 0.317 e. The summed E-state index contributed by atoms with van der Waals surface area (Å²) in [5.41, 5.74) is 0.889. The first kappa shape index (κ1) is 17.4. The zero-order valence-electron chi connectivity index (χ0n) is 14.3. The molecule has 2 aromatic heterocycles. The molecule has 1 N–H and O–H groups in total. The number of urea groups is 1. The number of aryl methyl sites for hydroxylation is 1. The second kappa shape index (κ2) is 7.64. The number of amides is 2. The van der Waals surface area contributed by atoms with E-state index in [-0.39, 0.29) is 12.1 Å². The van der Waals surface area contributed by atoms with Gasteiger partial charge < -0.3 is 19.2 Å². The van der Waals surface area contributed by atoms with Gasteiger partial charge in [-0.15, -0.1) is 0 Å². The van der Waals surface area contributed by atoms with Gasteiger partial charge in [0.15, 0.2) is 5.82 Å². The summed E-state index contributed by atoms with van der Waals surface area (Å²) in [6, 6.07) is 1.50. The quantitative estimate of drug-likeness (QED) is 0.853. The summed E-state index contributed by atoms with van der Waals surface area (Å²) < 4.78 is 23.8. The maximum absolute atomic E-state index is 13.9. The van der Waals surface area contributed by atoms with E-state index in [1.54, 1.807) is 37.5 Å². The van der Waals surface area contributed by atoms with E-state index in [4.69, 9.17) is 8.94 Å². The molecule has 1 aliphatic rings. The van der Waals surface area contributed by atoms with Crippen molar-refractivity contribution >= 4 is 6.03 Å². The zero-order chi connectivity index (χ0) is 17.8. The van der Waals surface area contributed by atoms with Gasteiger partial charge in [0, 0.05) is 45.2 Å². The van der Waals surface area contributed by atoms with Crippen molar-refractivity contribution < 1.29 is 18.1 Å². The minimum absolute atomic E-state index is 0.0847. The number of rotatable bonds is 6. The number of nitrogens with zero attached hydrogens (tertiary/aromatic N) is 4. The monoisotopic (exact) mass is 351 g/mol. The van der Waals surface area contributed by atoms with Crippen molar-refractivity contribution in [3.63, 3.8) is 0 Å². The zero-order valence-corrected chi connectivity index (χ0v) is 14.3. The summed E-state index contributed by atoms with van der Waals surface area (Å²) in [5.74, 6) is 1.02. The Balaban J connectivity index is 1.52. The van der Waals surface area contributed by atoms with Gasteiger partial charge in [-0.1, -0.05) is 5.16 Å². The van der Waals surface area contributed by atoms with Gasteiger partial charge in [-0.25, -0.2) is 9.18 Å². The average Bonchev–Trinajstić information content (AvgIpc) is 3.29. The van der Waals surface area contributed by atoms with Gasteiger partial charge in [-0.2, -0.15) is 4.98 Å². The molecule has 2 amide bonds. The molecule has 2 aromatic rings. The summed E-state index contributed by atoms with van der Waals surface area (Å²) in [6.07, 6.45) is 2.61. The number of carbonyl (C=O) groups excluding carboxylic acids is 1. The summed E-state index contributed by atoms with van der Waals surface area (Å²) in [5, 5.41) is 6.67. The summed E-state index contributed by atoms with van der Waals surface area (Å²) in [7, 11) is 1.70. The van der Waals surface area contributed by atoms with Crippen molar-refractivity contribution in [2.24, 2.45) is 0 Å². The number of aromatic nitrogens is 2. The molecule has 25 heavy (non-hydrogen) atoms. The van der Waals surface area contributed by atoms with E-state index in [1.165, 1.54) is 0 Å². The molecule has 1 saturated heterocycles. The van der Waals surface area contributed by atoms with Crippen LogP contribution < -0.4 is 5.32 Å². The molecule has 0 radical (unpaired) electrons. The molecule has 1 aliphatic heterocycles. The number of likely N-dealkylation sites (tertiary alicyclic amines) is 1. The Morgan fingerprint density at radius 3 is 3.08 bits per heavy atom. The van der Waals surface area contributed by atoms with E-state index in [0.717, 1.165) is 5.56 Å². The highest BCUT2D eigenvalue weighted by Gasteiger charge is 2.34. The Morgan fingerprint density at radius 1 is 1.56 bits per heavy atom. The number of hydrogen-bond donors (Lipinski definition) is 1. The molecule has 0 aromatic carbocycles. The number of nitrogens with one attached hydrogen (secondary N) is 1. The third-order valence-electron chi connectivity index (χ3n) is 4.25. The Kier molecular flexibility index (Phi) is 5.32. The SMILES string of the molecule is Cc1nc(CN2C[C@@H](F)C[C@H]2CN(C)C(=O)NCc2ccoc2)no1. The van der Waals surface area contributed by atoms with Crippen LogP contribution in [0.5, 0.6) is 0 Å². The number of carbonyl (C=O) groups is 1. The van der Waals surface area contributed by atoms with Crippen LogP contribution in [-0.4, -0.2) is 58.3 Å². The van der Waals surface area contributed by atoms with Gasteiger partial charge in [0.2, 0.25) is 5.89 Å². The number of hydrogen-bond acceptors (Lipinski definition) is 6. The lowest BCUT2D eigenvalue weighted by Crippen LogP contribution is -2.44. The van der Waals surface area contributed by atoms with Crippen molar-refractivity contribution in [1.82, 2.24) is 25.3 Å². The van der Waals surface area contributed by atoms with Crippen LogP contribution in [0.2, 0.25) is 0 Å². The van der Waals surface area contributed by atoms with Crippen LogP contribution in [0, 0.1) is 6.92 Å². The summed E-state index contributed by atoms with van der Waals surface area (Å²) in [4.78, 5) is 19.9. The van der Waals surface area contributed by atoms with Crippen LogP contribution in [-0.2, 0) is 13.1 Å². The van der Waals surface area contributed by atoms with E-state index < -0.39 is 6.17 Å².